The molecule has 23 heavy (non-hydrogen) atoms. The summed E-state index contributed by atoms with van der Waals surface area (Å²) in [5.41, 5.74) is 4.53. The first-order chi connectivity index (χ1) is 11.3. The van der Waals surface area contributed by atoms with E-state index in [4.69, 9.17) is 4.74 Å². The predicted molar refractivity (Wildman–Crippen MR) is 94.3 cm³/mol. The Kier molecular flexibility index (Phi) is 4.85. The summed E-state index contributed by atoms with van der Waals surface area (Å²) >= 11 is 0. The van der Waals surface area contributed by atoms with Gasteiger partial charge >= 0.3 is 5.97 Å². The Labute approximate surface area is 137 Å². The Bertz CT molecular complexity index is 739. The van der Waals surface area contributed by atoms with Crippen LogP contribution in [0.15, 0.2) is 35.9 Å². The Balaban J connectivity index is 2.13. The first kappa shape index (κ1) is 15.9. The summed E-state index contributed by atoms with van der Waals surface area (Å²) in [5, 5.41) is 1.25. The lowest BCUT2D eigenvalue weighted by Crippen LogP contribution is -2.10. The van der Waals surface area contributed by atoms with E-state index in [9.17, 15) is 4.79 Å². The summed E-state index contributed by atoms with van der Waals surface area (Å²) in [5.74, 6) is -0.140. The second kappa shape index (κ2) is 7.03. The van der Waals surface area contributed by atoms with Crippen LogP contribution in [0.5, 0.6) is 0 Å². The molecule has 3 heteroatoms. The number of benzene rings is 1. The van der Waals surface area contributed by atoms with Gasteiger partial charge < -0.3 is 9.30 Å². The molecule has 0 amide bonds. The van der Waals surface area contributed by atoms with Gasteiger partial charge in [0.1, 0.15) is 0 Å². The zero-order chi connectivity index (χ0) is 16.2. The number of carbonyl (C=O) groups excluding carboxylic acids is 1. The molecule has 1 aromatic heterocycles. The van der Waals surface area contributed by atoms with E-state index in [1.54, 1.807) is 0 Å². The highest BCUT2D eigenvalue weighted by molar-refractivity contribution is 5.97. The molecule has 1 aliphatic rings. The highest BCUT2D eigenvalue weighted by Crippen LogP contribution is 2.35. The molecule has 0 atom stereocenters. The van der Waals surface area contributed by atoms with Crippen LogP contribution >= 0.6 is 0 Å². The number of hydrogen-bond acceptors (Lipinski definition) is 2. The Hall–Kier alpha value is -2.03. The van der Waals surface area contributed by atoms with Gasteiger partial charge in [-0.25, -0.2) is 4.79 Å². The van der Waals surface area contributed by atoms with E-state index in [0.29, 0.717) is 6.61 Å². The molecule has 0 N–H and O–H groups in total. The molecule has 0 fully saturated rings. The minimum atomic E-state index is -0.140. The topological polar surface area (TPSA) is 31.2 Å². The number of rotatable bonds is 6. The molecule has 3 rings (SSSR count). The van der Waals surface area contributed by atoms with Crippen LogP contribution in [-0.2, 0) is 16.0 Å². The summed E-state index contributed by atoms with van der Waals surface area (Å²) in [6, 6.07) is 10.7. The molecule has 122 valence electrons. The van der Waals surface area contributed by atoms with Crippen molar-refractivity contribution in [3.8, 4) is 0 Å². The molecule has 0 saturated heterocycles. The summed E-state index contributed by atoms with van der Waals surface area (Å²) in [4.78, 5) is 12.3. The average Bonchev–Trinajstić information content (AvgIpc) is 3.16. The second-order valence-electron chi connectivity index (χ2n) is 6.13. The zero-order valence-electron chi connectivity index (χ0n) is 14.1. The van der Waals surface area contributed by atoms with Gasteiger partial charge in [0.25, 0.3) is 0 Å². The van der Waals surface area contributed by atoms with Crippen molar-refractivity contribution in [1.82, 2.24) is 4.57 Å². The fourth-order valence-electron chi connectivity index (χ4n) is 3.49. The molecular weight excluding hydrogens is 286 g/mol. The summed E-state index contributed by atoms with van der Waals surface area (Å²) in [6.45, 7) is 4.52. The van der Waals surface area contributed by atoms with Crippen LogP contribution in [0.25, 0.3) is 16.6 Å². The Morgan fingerprint density at radius 1 is 1.22 bits per heavy atom. The highest BCUT2D eigenvalue weighted by Gasteiger charge is 2.25. The SMILES string of the molecule is CCCCc1cc2ccccc2n1C1=C(C(=O)OCC)CCC1. The van der Waals surface area contributed by atoms with Gasteiger partial charge in [-0.1, -0.05) is 31.5 Å². The number of aryl methyl sites for hydroxylation is 1. The summed E-state index contributed by atoms with van der Waals surface area (Å²) < 4.78 is 7.60. The van der Waals surface area contributed by atoms with E-state index >= 15 is 0 Å². The van der Waals surface area contributed by atoms with Crippen LogP contribution in [0.1, 0.15) is 51.6 Å². The van der Waals surface area contributed by atoms with E-state index in [1.165, 1.54) is 29.4 Å². The van der Waals surface area contributed by atoms with Gasteiger partial charge in [0.15, 0.2) is 0 Å². The van der Waals surface area contributed by atoms with Gasteiger partial charge in [-0.3, -0.25) is 0 Å². The fourth-order valence-corrected chi connectivity index (χ4v) is 3.49. The molecular formula is C20H25NO2. The number of unbranched alkanes of at least 4 members (excludes halogenated alkanes) is 1. The molecule has 0 bridgehead atoms. The number of esters is 1. The van der Waals surface area contributed by atoms with Crippen LogP contribution < -0.4 is 0 Å². The monoisotopic (exact) mass is 311 g/mol. The van der Waals surface area contributed by atoms with Gasteiger partial charge in [-0.15, -0.1) is 0 Å². The van der Waals surface area contributed by atoms with Gasteiger partial charge in [0.2, 0.25) is 0 Å². The van der Waals surface area contributed by atoms with Crippen molar-refractivity contribution in [1.29, 1.82) is 0 Å². The first-order valence-corrected chi connectivity index (χ1v) is 8.75. The zero-order valence-corrected chi connectivity index (χ0v) is 14.1. The van der Waals surface area contributed by atoms with Crippen molar-refractivity contribution in [2.75, 3.05) is 6.61 Å². The van der Waals surface area contributed by atoms with Crippen molar-refractivity contribution in [2.24, 2.45) is 0 Å². The van der Waals surface area contributed by atoms with Crippen LogP contribution in [0.3, 0.4) is 0 Å². The van der Waals surface area contributed by atoms with Gasteiger partial charge in [0.05, 0.1) is 17.7 Å². The minimum Gasteiger partial charge on any atom is -0.463 e. The Morgan fingerprint density at radius 2 is 2.04 bits per heavy atom. The maximum absolute atomic E-state index is 12.3. The molecule has 1 heterocycles. The fraction of sp³-hybridized carbons (Fsp3) is 0.450. The van der Waals surface area contributed by atoms with Crippen molar-refractivity contribution in [3.05, 3.63) is 41.6 Å². The standard InChI is InChI=1S/C20H25NO2/c1-3-5-10-16-14-15-9-6-7-12-18(15)21(16)19-13-8-11-17(19)20(22)23-4-2/h6-7,9,12,14H,3-5,8,10-11,13H2,1-2H3. The number of aromatic nitrogens is 1. The van der Waals surface area contributed by atoms with E-state index in [-0.39, 0.29) is 5.97 Å². The first-order valence-electron chi connectivity index (χ1n) is 8.75. The number of nitrogens with zero attached hydrogens (tertiary/aromatic N) is 1. The molecule has 0 aliphatic heterocycles. The lowest BCUT2D eigenvalue weighted by atomic mass is 10.2. The molecule has 0 spiro atoms. The third kappa shape index (κ3) is 3.05. The van der Waals surface area contributed by atoms with Crippen molar-refractivity contribution < 1.29 is 9.53 Å². The van der Waals surface area contributed by atoms with E-state index in [0.717, 1.165) is 37.0 Å². The van der Waals surface area contributed by atoms with Gasteiger partial charge in [0, 0.05) is 16.8 Å². The molecule has 2 aromatic rings. The number of allylic oxidation sites excluding steroid dienone is 1. The number of hydrogen-bond donors (Lipinski definition) is 0. The van der Waals surface area contributed by atoms with Crippen LogP contribution in [-0.4, -0.2) is 17.1 Å². The van der Waals surface area contributed by atoms with Crippen molar-refractivity contribution in [2.45, 2.75) is 52.4 Å². The van der Waals surface area contributed by atoms with E-state index in [2.05, 4.69) is 41.8 Å². The number of carbonyl (C=O) groups is 1. The van der Waals surface area contributed by atoms with E-state index in [1.807, 2.05) is 6.92 Å². The van der Waals surface area contributed by atoms with Crippen LogP contribution in [0.2, 0.25) is 0 Å². The van der Waals surface area contributed by atoms with Crippen LogP contribution in [0.4, 0.5) is 0 Å². The second-order valence-corrected chi connectivity index (χ2v) is 6.13. The largest absolute Gasteiger partial charge is 0.463 e. The molecule has 0 radical (unpaired) electrons. The third-order valence-corrected chi connectivity index (χ3v) is 4.55. The van der Waals surface area contributed by atoms with Crippen molar-refractivity contribution in [3.63, 3.8) is 0 Å². The molecule has 3 nitrogen and oxygen atoms in total. The predicted octanol–water partition coefficient (Wildman–Crippen LogP) is 4.94. The van der Waals surface area contributed by atoms with Crippen molar-refractivity contribution >= 4 is 22.6 Å². The Morgan fingerprint density at radius 3 is 2.83 bits per heavy atom. The molecule has 1 aliphatic carbocycles. The molecule has 1 aromatic carbocycles. The third-order valence-electron chi connectivity index (χ3n) is 4.55. The number of para-hydroxylation sites is 1. The normalized spacial score (nSPS) is 14.7. The smallest absolute Gasteiger partial charge is 0.335 e. The van der Waals surface area contributed by atoms with E-state index < -0.39 is 0 Å². The molecule has 0 unspecified atom stereocenters. The average molecular weight is 311 g/mol. The quantitative estimate of drug-likeness (QED) is 0.707. The number of ether oxygens (including phenoxy) is 1. The minimum absolute atomic E-state index is 0.140. The lowest BCUT2D eigenvalue weighted by Gasteiger charge is -2.14. The highest BCUT2D eigenvalue weighted by atomic mass is 16.5. The lowest BCUT2D eigenvalue weighted by molar-refractivity contribution is -0.138. The van der Waals surface area contributed by atoms with Gasteiger partial charge in [-0.2, -0.15) is 0 Å². The summed E-state index contributed by atoms with van der Waals surface area (Å²) in [7, 11) is 0. The number of fused-ring (bicyclic) bond motifs is 1. The molecule has 0 saturated carbocycles. The maximum Gasteiger partial charge on any atom is 0.335 e. The van der Waals surface area contributed by atoms with Gasteiger partial charge in [-0.05, 0) is 51.2 Å². The van der Waals surface area contributed by atoms with Crippen LogP contribution in [0, 0.1) is 0 Å². The maximum atomic E-state index is 12.3. The summed E-state index contributed by atoms with van der Waals surface area (Å²) in [6.07, 6.45) is 6.19.